The van der Waals surface area contributed by atoms with Gasteiger partial charge in [-0.3, -0.25) is 0 Å². The number of aliphatic hydroxyl groups excluding tert-OH is 1. The number of hydrogen-bond acceptors (Lipinski definition) is 3. The molecule has 0 unspecified atom stereocenters. The lowest BCUT2D eigenvalue weighted by atomic mass is 10.1. The Kier molecular flexibility index (Phi) is 5.20. The van der Waals surface area contributed by atoms with Gasteiger partial charge in [-0.1, -0.05) is 23.7 Å². The number of nitrogens with zero attached hydrogens (tertiary/aromatic N) is 1. The molecule has 0 aliphatic heterocycles. The van der Waals surface area contributed by atoms with Crippen LogP contribution in [0, 0.1) is 0 Å². The zero-order valence-corrected chi connectivity index (χ0v) is 12.4. The van der Waals surface area contributed by atoms with E-state index in [0.29, 0.717) is 10.6 Å². The Morgan fingerprint density at radius 2 is 2.11 bits per heavy atom. The molecule has 106 valence electrons. The molecule has 0 heterocycles. The van der Waals surface area contributed by atoms with Crippen molar-refractivity contribution in [2.45, 2.75) is 32.5 Å². The van der Waals surface area contributed by atoms with Crippen LogP contribution in [-0.4, -0.2) is 35.3 Å². The van der Waals surface area contributed by atoms with Crippen molar-refractivity contribution in [1.82, 2.24) is 4.90 Å². The van der Waals surface area contributed by atoms with Gasteiger partial charge in [0.05, 0.1) is 12.6 Å². The van der Waals surface area contributed by atoms with Crippen LogP contribution in [0.25, 0.3) is 0 Å². The maximum absolute atomic E-state index is 11.8. The van der Waals surface area contributed by atoms with Crippen LogP contribution in [0.1, 0.15) is 32.4 Å². The number of likely N-dealkylation sites (N-methyl/N-ethyl adjacent to an activating group) is 1. The van der Waals surface area contributed by atoms with Crippen molar-refractivity contribution in [2.75, 3.05) is 13.6 Å². The third-order valence-electron chi connectivity index (χ3n) is 2.39. The molecule has 19 heavy (non-hydrogen) atoms. The fraction of sp³-hybridized carbons (Fsp3) is 0.500. The van der Waals surface area contributed by atoms with Crippen molar-refractivity contribution in [1.29, 1.82) is 0 Å². The van der Waals surface area contributed by atoms with Crippen molar-refractivity contribution >= 4 is 17.7 Å². The molecule has 1 N–H and O–H groups in total. The summed E-state index contributed by atoms with van der Waals surface area (Å²) in [6.07, 6.45) is -1.26. The first-order chi connectivity index (χ1) is 8.69. The Morgan fingerprint density at radius 3 is 2.63 bits per heavy atom. The third-order valence-corrected chi connectivity index (χ3v) is 2.62. The smallest absolute Gasteiger partial charge is 0.410 e. The molecule has 1 aromatic rings. The minimum absolute atomic E-state index is 0.148. The van der Waals surface area contributed by atoms with Crippen LogP contribution in [0.2, 0.25) is 5.02 Å². The maximum Gasteiger partial charge on any atom is 0.410 e. The molecule has 0 radical (unpaired) electrons. The number of benzene rings is 1. The molecule has 1 atom stereocenters. The van der Waals surface area contributed by atoms with Gasteiger partial charge in [0.25, 0.3) is 0 Å². The van der Waals surface area contributed by atoms with Gasteiger partial charge < -0.3 is 14.7 Å². The highest BCUT2D eigenvalue weighted by Gasteiger charge is 2.21. The number of amides is 1. The monoisotopic (exact) mass is 285 g/mol. The predicted octanol–water partition coefficient (Wildman–Crippen LogP) is 3.24. The summed E-state index contributed by atoms with van der Waals surface area (Å²) in [4.78, 5) is 13.1. The van der Waals surface area contributed by atoms with E-state index in [9.17, 15) is 9.90 Å². The minimum atomic E-state index is -0.795. The van der Waals surface area contributed by atoms with E-state index in [2.05, 4.69) is 0 Å². The Hall–Kier alpha value is -1.26. The van der Waals surface area contributed by atoms with Gasteiger partial charge in [0.2, 0.25) is 0 Å². The first kappa shape index (κ1) is 15.8. The van der Waals surface area contributed by atoms with Crippen LogP contribution in [-0.2, 0) is 4.74 Å². The van der Waals surface area contributed by atoms with Gasteiger partial charge in [0.15, 0.2) is 0 Å². The fourth-order valence-corrected chi connectivity index (χ4v) is 1.69. The van der Waals surface area contributed by atoms with E-state index in [1.807, 2.05) is 0 Å². The molecule has 0 aliphatic carbocycles. The van der Waals surface area contributed by atoms with Crippen LogP contribution >= 0.6 is 11.6 Å². The standard InChI is InChI=1S/C14H20ClNO3/c1-14(2,3)19-13(18)16(4)9-12(17)10-6-5-7-11(15)8-10/h5-8,12,17H,9H2,1-4H3/t12-/m0/s1. The predicted molar refractivity (Wildman–Crippen MR) is 75.3 cm³/mol. The van der Waals surface area contributed by atoms with E-state index < -0.39 is 17.8 Å². The molecule has 1 aromatic carbocycles. The molecular formula is C14H20ClNO3. The first-order valence-electron chi connectivity index (χ1n) is 6.06. The molecule has 1 amide bonds. The molecule has 0 spiro atoms. The molecule has 1 rings (SSSR count). The van der Waals surface area contributed by atoms with E-state index in [1.54, 1.807) is 52.1 Å². The van der Waals surface area contributed by atoms with Crippen molar-refractivity contribution in [3.05, 3.63) is 34.9 Å². The third kappa shape index (κ3) is 5.49. The summed E-state index contributed by atoms with van der Waals surface area (Å²) < 4.78 is 5.21. The van der Waals surface area contributed by atoms with E-state index in [4.69, 9.17) is 16.3 Å². The second-order valence-corrected chi connectivity index (χ2v) is 5.87. The zero-order chi connectivity index (χ0) is 14.6. The van der Waals surface area contributed by atoms with E-state index in [0.717, 1.165) is 0 Å². The van der Waals surface area contributed by atoms with Crippen molar-refractivity contribution in [3.63, 3.8) is 0 Å². The van der Waals surface area contributed by atoms with Crippen molar-refractivity contribution < 1.29 is 14.6 Å². The van der Waals surface area contributed by atoms with E-state index in [1.165, 1.54) is 4.90 Å². The lowest BCUT2D eigenvalue weighted by molar-refractivity contribution is 0.0205. The summed E-state index contributed by atoms with van der Waals surface area (Å²) in [5.74, 6) is 0. The number of hydrogen-bond donors (Lipinski definition) is 1. The Balaban J connectivity index is 2.61. The Labute approximate surface area is 118 Å². The van der Waals surface area contributed by atoms with E-state index >= 15 is 0 Å². The highest BCUT2D eigenvalue weighted by atomic mass is 35.5. The number of aliphatic hydroxyl groups is 1. The summed E-state index contributed by atoms with van der Waals surface area (Å²) in [6, 6.07) is 6.93. The Morgan fingerprint density at radius 1 is 1.47 bits per heavy atom. The summed E-state index contributed by atoms with van der Waals surface area (Å²) in [5.41, 5.74) is 0.120. The summed E-state index contributed by atoms with van der Waals surface area (Å²) >= 11 is 5.86. The maximum atomic E-state index is 11.8. The van der Waals surface area contributed by atoms with Crippen LogP contribution in [0.15, 0.2) is 24.3 Å². The quantitative estimate of drug-likeness (QED) is 0.927. The molecule has 0 bridgehead atoms. The second kappa shape index (κ2) is 6.26. The van der Waals surface area contributed by atoms with Gasteiger partial charge in [-0.15, -0.1) is 0 Å². The van der Waals surface area contributed by atoms with Crippen LogP contribution < -0.4 is 0 Å². The summed E-state index contributed by atoms with van der Waals surface area (Å²) in [6.45, 7) is 5.54. The molecule has 4 nitrogen and oxygen atoms in total. The normalized spacial score (nSPS) is 12.9. The topological polar surface area (TPSA) is 49.8 Å². The first-order valence-corrected chi connectivity index (χ1v) is 6.44. The van der Waals surface area contributed by atoms with Gasteiger partial charge in [-0.2, -0.15) is 0 Å². The zero-order valence-electron chi connectivity index (χ0n) is 11.7. The van der Waals surface area contributed by atoms with Gasteiger partial charge in [-0.25, -0.2) is 4.79 Å². The van der Waals surface area contributed by atoms with Gasteiger partial charge in [0.1, 0.15) is 5.60 Å². The average molecular weight is 286 g/mol. The largest absolute Gasteiger partial charge is 0.444 e. The second-order valence-electron chi connectivity index (χ2n) is 5.43. The number of ether oxygens (including phenoxy) is 1. The van der Waals surface area contributed by atoms with Gasteiger partial charge in [-0.05, 0) is 38.5 Å². The van der Waals surface area contributed by atoms with Crippen LogP contribution in [0.3, 0.4) is 0 Å². The lowest BCUT2D eigenvalue weighted by Gasteiger charge is -2.26. The highest BCUT2D eigenvalue weighted by molar-refractivity contribution is 6.30. The van der Waals surface area contributed by atoms with Crippen molar-refractivity contribution in [2.24, 2.45) is 0 Å². The summed E-state index contributed by atoms with van der Waals surface area (Å²) in [5, 5.41) is 10.6. The van der Waals surface area contributed by atoms with Gasteiger partial charge in [0, 0.05) is 12.1 Å². The number of rotatable bonds is 3. The number of halogens is 1. The molecule has 0 aliphatic rings. The number of carbonyl (C=O) groups is 1. The summed E-state index contributed by atoms with van der Waals surface area (Å²) in [7, 11) is 1.59. The molecule has 5 heteroatoms. The number of carbonyl (C=O) groups excluding carboxylic acids is 1. The SMILES string of the molecule is CN(C[C@H](O)c1cccc(Cl)c1)C(=O)OC(C)(C)C. The Bertz CT molecular complexity index is 443. The molecule has 0 saturated heterocycles. The fourth-order valence-electron chi connectivity index (χ4n) is 1.49. The van der Waals surface area contributed by atoms with E-state index in [-0.39, 0.29) is 6.54 Å². The van der Waals surface area contributed by atoms with Crippen LogP contribution in [0.5, 0.6) is 0 Å². The van der Waals surface area contributed by atoms with Crippen molar-refractivity contribution in [3.8, 4) is 0 Å². The van der Waals surface area contributed by atoms with Gasteiger partial charge >= 0.3 is 6.09 Å². The molecule has 0 saturated carbocycles. The molecule has 0 aromatic heterocycles. The average Bonchev–Trinajstić information content (AvgIpc) is 2.26. The van der Waals surface area contributed by atoms with Crippen LogP contribution in [0.4, 0.5) is 4.79 Å². The lowest BCUT2D eigenvalue weighted by Crippen LogP contribution is -2.36. The molecule has 0 fully saturated rings. The minimum Gasteiger partial charge on any atom is -0.444 e. The molecular weight excluding hydrogens is 266 g/mol. The highest BCUT2D eigenvalue weighted by Crippen LogP contribution is 2.19.